The van der Waals surface area contributed by atoms with E-state index in [1.54, 1.807) is 6.92 Å². The molecule has 1 rings (SSSR count). The van der Waals surface area contributed by atoms with Crippen LogP contribution in [0.25, 0.3) is 0 Å². The molecule has 0 saturated heterocycles. The number of hydrogen-bond acceptors (Lipinski definition) is 1. The first-order valence-corrected chi connectivity index (χ1v) is 9.58. The molecular formula is C24H35F2N. The molecule has 0 fully saturated rings. The summed E-state index contributed by atoms with van der Waals surface area (Å²) < 4.78 is 24.4. The van der Waals surface area contributed by atoms with Crippen LogP contribution >= 0.6 is 0 Å². The van der Waals surface area contributed by atoms with Crippen molar-refractivity contribution in [3.63, 3.8) is 0 Å². The molecule has 27 heavy (non-hydrogen) atoms. The minimum absolute atomic E-state index is 0.521. The summed E-state index contributed by atoms with van der Waals surface area (Å²) >= 11 is 0. The first-order chi connectivity index (χ1) is 12.8. The summed E-state index contributed by atoms with van der Waals surface area (Å²) in [5.74, 6) is -0.287. The summed E-state index contributed by atoms with van der Waals surface area (Å²) in [6.07, 6.45) is 13.0. The van der Waals surface area contributed by atoms with E-state index in [-0.39, 0.29) is 0 Å². The van der Waals surface area contributed by atoms with Crippen LogP contribution in [0.4, 0.5) is 8.78 Å². The van der Waals surface area contributed by atoms with Gasteiger partial charge in [-0.3, -0.25) is 0 Å². The van der Waals surface area contributed by atoms with Gasteiger partial charge in [0.25, 0.3) is 0 Å². The van der Waals surface area contributed by atoms with Crippen LogP contribution in [0.5, 0.6) is 0 Å². The highest BCUT2D eigenvalue weighted by Crippen LogP contribution is 2.08. The Morgan fingerprint density at radius 3 is 2.30 bits per heavy atom. The molecule has 0 spiro atoms. The number of hydrogen-bond donors (Lipinski definition) is 1. The highest BCUT2D eigenvalue weighted by Gasteiger charge is 1.96. The Morgan fingerprint density at radius 2 is 1.78 bits per heavy atom. The highest BCUT2D eigenvalue weighted by molar-refractivity contribution is 5.16. The lowest BCUT2D eigenvalue weighted by molar-refractivity contribution is 0.571. The lowest BCUT2D eigenvalue weighted by Crippen LogP contribution is -2.14. The predicted octanol–water partition coefficient (Wildman–Crippen LogP) is 7.27. The molecule has 0 aliphatic heterocycles. The van der Waals surface area contributed by atoms with Gasteiger partial charge in [-0.2, -0.15) is 0 Å². The Bertz CT molecular complexity index is 579. The third kappa shape index (κ3) is 14.7. The van der Waals surface area contributed by atoms with Crippen molar-refractivity contribution in [1.29, 1.82) is 0 Å². The maximum absolute atomic E-state index is 12.2. The van der Waals surface area contributed by atoms with E-state index in [9.17, 15) is 8.78 Å². The van der Waals surface area contributed by atoms with Gasteiger partial charge in [0.15, 0.2) is 0 Å². The standard InChI is InChI=1S/C17H29N.C7H6F2/c1-6-8-9-11-16(4)14-18-17(5)13-10-12-15(3)7-2;1-5-2-6(8)4-7(9)3-5/h6,8,10,13,15,18H,4-5,7,9,11-12,14H2,1-3H3;2-4H,1H3/b8-6-,13-10+;. The molecule has 0 radical (unpaired) electrons. The largest absolute Gasteiger partial charge is 0.382 e. The van der Waals surface area contributed by atoms with Crippen LogP contribution in [-0.2, 0) is 0 Å². The maximum Gasteiger partial charge on any atom is 0.126 e. The van der Waals surface area contributed by atoms with Gasteiger partial charge in [0.2, 0.25) is 0 Å². The second-order valence-electron chi connectivity index (χ2n) is 6.83. The van der Waals surface area contributed by atoms with Gasteiger partial charge in [-0.15, -0.1) is 0 Å². The van der Waals surface area contributed by atoms with Crippen molar-refractivity contribution in [2.24, 2.45) is 5.92 Å². The molecule has 0 heterocycles. The zero-order valence-electron chi connectivity index (χ0n) is 17.3. The summed E-state index contributed by atoms with van der Waals surface area (Å²) in [5.41, 5.74) is 2.81. The van der Waals surface area contributed by atoms with Crippen molar-refractivity contribution in [2.75, 3.05) is 6.54 Å². The molecule has 1 N–H and O–H groups in total. The van der Waals surface area contributed by atoms with Crippen LogP contribution in [-0.4, -0.2) is 6.54 Å². The molecule has 0 aliphatic carbocycles. The van der Waals surface area contributed by atoms with Crippen LogP contribution in [0.3, 0.4) is 0 Å². The van der Waals surface area contributed by atoms with Crippen LogP contribution < -0.4 is 5.32 Å². The van der Waals surface area contributed by atoms with Crippen molar-refractivity contribution in [2.45, 2.75) is 53.4 Å². The molecule has 1 atom stereocenters. The minimum atomic E-state index is -0.521. The number of aryl methyl sites for hydroxylation is 1. The fourth-order valence-corrected chi connectivity index (χ4v) is 2.14. The number of rotatable bonds is 10. The van der Waals surface area contributed by atoms with Gasteiger partial charge in [0, 0.05) is 18.3 Å². The van der Waals surface area contributed by atoms with Gasteiger partial charge in [-0.1, -0.05) is 57.2 Å². The molecule has 1 aromatic rings. The van der Waals surface area contributed by atoms with E-state index < -0.39 is 11.6 Å². The first kappa shape index (κ1) is 24.8. The topological polar surface area (TPSA) is 12.0 Å². The summed E-state index contributed by atoms with van der Waals surface area (Å²) in [4.78, 5) is 0. The number of nitrogens with one attached hydrogen (secondary N) is 1. The van der Waals surface area contributed by atoms with E-state index in [2.05, 4.69) is 56.6 Å². The Hall–Kier alpha value is -2.16. The van der Waals surface area contributed by atoms with Crippen molar-refractivity contribution in [1.82, 2.24) is 5.32 Å². The number of allylic oxidation sites excluding steroid dienone is 4. The quantitative estimate of drug-likeness (QED) is 0.335. The van der Waals surface area contributed by atoms with Crippen molar-refractivity contribution < 1.29 is 8.78 Å². The van der Waals surface area contributed by atoms with Crippen molar-refractivity contribution in [3.05, 3.63) is 84.1 Å². The number of halogens is 2. The molecule has 1 unspecified atom stereocenters. The van der Waals surface area contributed by atoms with Gasteiger partial charge in [-0.25, -0.2) is 8.78 Å². The van der Waals surface area contributed by atoms with Crippen LogP contribution in [0.1, 0.15) is 52.0 Å². The van der Waals surface area contributed by atoms with Crippen LogP contribution in [0, 0.1) is 24.5 Å². The van der Waals surface area contributed by atoms with Crippen LogP contribution in [0.15, 0.2) is 66.9 Å². The molecule has 0 amide bonds. The Labute approximate surface area is 164 Å². The van der Waals surface area contributed by atoms with Gasteiger partial charge >= 0.3 is 0 Å². The molecule has 0 aromatic heterocycles. The van der Waals surface area contributed by atoms with Crippen molar-refractivity contribution in [3.8, 4) is 0 Å². The molecule has 3 heteroatoms. The monoisotopic (exact) mass is 375 g/mol. The molecule has 1 aromatic carbocycles. The Kier molecular flexibility index (Phi) is 13.8. The average molecular weight is 376 g/mol. The van der Waals surface area contributed by atoms with E-state index >= 15 is 0 Å². The van der Waals surface area contributed by atoms with E-state index in [0.717, 1.165) is 43.5 Å². The summed E-state index contributed by atoms with van der Waals surface area (Å²) in [6.45, 7) is 17.1. The second kappa shape index (κ2) is 15.0. The second-order valence-corrected chi connectivity index (χ2v) is 6.83. The third-order valence-electron chi connectivity index (χ3n) is 4.03. The minimum Gasteiger partial charge on any atom is -0.382 e. The maximum atomic E-state index is 12.2. The molecular weight excluding hydrogens is 340 g/mol. The molecule has 0 saturated carbocycles. The summed E-state index contributed by atoms with van der Waals surface area (Å²) in [5, 5.41) is 3.30. The smallest absolute Gasteiger partial charge is 0.126 e. The van der Waals surface area contributed by atoms with Gasteiger partial charge in [-0.05, 0) is 62.8 Å². The number of benzene rings is 1. The van der Waals surface area contributed by atoms with E-state index in [4.69, 9.17) is 0 Å². The molecule has 1 nitrogen and oxygen atoms in total. The zero-order valence-corrected chi connectivity index (χ0v) is 17.3. The lowest BCUT2D eigenvalue weighted by atomic mass is 10.1. The predicted molar refractivity (Wildman–Crippen MR) is 115 cm³/mol. The third-order valence-corrected chi connectivity index (χ3v) is 4.03. The first-order valence-electron chi connectivity index (χ1n) is 9.58. The molecule has 0 aliphatic rings. The van der Waals surface area contributed by atoms with Gasteiger partial charge in [0.1, 0.15) is 11.6 Å². The normalized spacial score (nSPS) is 11.9. The SMILES string of the molecule is C=C(CC/C=C\C)CNC(=C)/C=C/CC(C)CC.Cc1cc(F)cc(F)c1. The molecule has 0 bridgehead atoms. The average Bonchev–Trinajstić information content (AvgIpc) is 2.59. The fourth-order valence-electron chi connectivity index (χ4n) is 2.14. The van der Waals surface area contributed by atoms with Gasteiger partial charge < -0.3 is 5.32 Å². The highest BCUT2D eigenvalue weighted by atomic mass is 19.1. The lowest BCUT2D eigenvalue weighted by Gasteiger charge is -2.08. The molecule has 150 valence electrons. The zero-order chi connectivity index (χ0) is 20.7. The Balaban J connectivity index is 0.000000621. The Morgan fingerprint density at radius 1 is 1.15 bits per heavy atom. The van der Waals surface area contributed by atoms with E-state index in [1.165, 1.54) is 24.1 Å². The van der Waals surface area contributed by atoms with E-state index in [0.29, 0.717) is 5.56 Å². The van der Waals surface area contributed by atoms with Gasteiger partial charge in [0.05, 0.1) is 0 Å². The van der Waals surface area contributed by atoms with E-state index in [1.807, 2.05) is 6.92 Å². The summed E-state index contributed by atoms with van der Waals surface area (Å²) in [6, 6.07) is 3.42. The van der Waals surface area contributed by atoms with Crippen LogP contribution in [0.2, 0.25) is 0 Å². The fraction of sp³-hybridized carbons (Fsp3) is 0.417. The van der Waals surface area contributed by atoms with Crippen molar-refractivity contribution >= 4 is 0 Å². The summed E-state index contributed by atoms with van der Waals surface area (Å²) in [7, 11) is 0.